The lowest BCUT2D eigenvalue weighted by atomic mass is 10.1. The Bertz CT molecular complexity index is 677. The first-order valence-corrected chi connectivity index (χ1v) is 6.32. The number of carbonyl (C=O) groups excluding carboxylic acids is 1. The van der Waals surface area contributed by atoms with Crippen LogP contribution in [0.15, 0.2) is 41.1 Å². The van der Waals surface area contributed by atoms with Gasteiger partial charge in [0.1, 0.15) is 6.07 Å². The zero-order chi connectivity index (χ0) is 13.8. The van der Waals surface area contributed by atoms with Crippen LogP contribution >= 0.6 is 15.9 Å². The first-order chi connectivity index (χ1) is 9.10. The Balaban J connectivity index is 2.27. The summed E-state index contributed by atoms with van der Waals surface area (Å²) < 4.78 is 0.791. The van der Waals surface area contributed by atoms with Crippen molar-refractivity contribution >= 4 is 27.5 Å². The maximum atomic E-state index is 12.0. The number of hydrogen-bond donors (Lipinski definition) is 1. The van der Waals surface area contributed by atoms with E-state index in [0.29, 0.717) is 16.8 Å². The molecule has 0 bridgehead atoms. The van der Waals surface area contributed by atoms with Gasteiger partial charge in [0.2, 0.25) is 0 Å². The average Bonchev–Trinajstić information content (AvgIpc) is 2.40. The first kappa shape index (κ1) is 13.2. The van der Waals surface area contributed by atoms with Gasteiger partial charge in [-0.05, 0) is 36.8 Å². The Labute approximate surface area is 119 Å². The second-order valence-corrected chi connectivity index (χ2v) is 4.92. The van der Waals surface area contributed by atoms with E-state index in [2.05, 4.69) is 26.2 Å². The SMILES string of the molecule is Cc1cncc(C(=O)Nc2ccc(Br)cc2C#N)c1. The minimum absolute atomic E-state index is 0.282. The molecule has 0 unspecified atom stereocenters. The fraction of sp³-hybridized carbons (Fsp3) is 0.0714. The number of pyridine rings is 1. The predicted octanol–water partition coefficient (Wildman–Crippen LogP) is 3.28. The summed E-state index contributed by atoms with van der Waals surface area (Å²) in [6, 6.07) is 8.90. The quantitative estimate of drug-likeness (QED) is 0.924. The third kappa shape index (κ3) is 3.18. The van der Waals surface area contributed by atoms with Crippen LogP contribution in [0.4, 0.5) is 5.69 Å². The van der Waals surface area contributed by atoms with Gasteiger partial charge in [-0.2, -0.15) is 5.26 Å². The molecule has 2 aromatic rings. The van der Waals surface area contributed by atoms with Crippen LogP contribution < -0.4 is 5.32 Å². The Hall–Kier alpha value is -2.19. The molecule has 1 heterocycles. The maximum Gasteiger partial charge on any atom is 0.257 e. The average molecular weight is 316 g/mol. The van der Waals surface area contributed by atoms with Crippen molar-refractivity contribution in [3.63, 3.8) is 0 Å². The van der Waals surface area contributed by atoms with Crippen molar-refractivity contribution in [1.29, 1.82) is 5.26 Å². The lowest BCUT2D eigenvalue weighted by Crippen LogP contribution is -2.13. The fourth-order valence-electron chi connectivity index (χ4n) is 1.59. The number of benzene rings is 1. The molecule has 0 radical (unpaired) electrons. The minimum atomic E-state index is -0.282. The minimum Gasteiger partial charge on any atom is -0.321 e. The molecule has 1 aromatic heterocycles. The van der Waals surface area contributed by atoms with Crippen molar-refractivity contribution in [2.45, 2.75) is 6.92 Å². The standard InChI is InChI=1S/C14H10BrN3O/c1-9-4-11(8-17-7-9)14(19)18-13-3-2-12(15)5-10(13)6-16/h2-5,7-8H,1H3,(H,18,19). The van der Waals surface area contributed by atoms with Gasteiger partial charge in [-0.3, -0.25) is 9.78 Å². The summed E-state index contributed by atoms with van der Waals surface area (Å²) in [6.07, 6.45) is 3.17. The molecular formula is C14H10BrN3O. The molecule has 1 N–H and O–H groups in total. The molecule has 2 rings (SSSR count). The lowest BCUT2D eigenvalue weighted by Gasteiger charge is -2.07. The maximum absolute atomic E-state index is 12.0. The van der Waals surface area contributed by atoms with Crippen molar-refractivity contribution in [3.8, 4) is 6.07 Å². The molecule has 0 aliphatic heterocycles. The summed E-state index contributed by atoms with van der Waals surface area (Å²) in [4.78, 5) is 16.0. The van der Waals surface area contributed by atoms with E-state index in [1.165, 1.54) is 6.20 Å². The number of amides is 1. The second kappa shape index (κ2) is 5.63. The molecule has 0 aliphatic rings. The summed E-state index contributed by atoms with van der Waals surface area (Å²) in [7, 11) is 0. The van der Waals surface area contributed by atoms with Gasteiger partial charge in [-0.25, -0.2) is 0 Å². The van der Waals surface area contributed by atoms with E-state index in [1.807, 2.05) is 13.0 Å². The number of nitriles is 1. The van der Waals surface area contributed by atoms with E-state index >= 15 is 0 Å². The Morgan fingerprint density at radius 3 is 2.84 bits per heavy atom. The van der Waals surface area contributed by atoms with E-state index in [9.17, 15) is 4.79 Å². The largest absolute Gasteiger partial charge is 0.321 e. The van der Waals surface area contributed by atoms with Crippen molar-refractivity contribution in [3.05, 3.63) is 57.8 Å². The predicted molar refractivity (Wildman–Crippen MR) is 75.8 cm³/mol. The van der Waals surface area contributed by atoms with Crippen LogP contribution in [0.3, 0.4) is 0 Å². The smallest absolute Gasteiger partial charge is 0.257 e. The van der Waals surface area contributed by atoms with Crippen LogP contribution in [-0.4, -0.2) is 10.9 Å². The van der Waals surface area contributed by atoms with Gasteiger partial charge < -0.3 is 5.32 Å². The molecule has 19 heavy (non-hydrogen) atoms. The van der Waals surface area contributed by atoms with Crippen molar-refractivity contribution < 1.29 is 4.79 Å². The van der Waals surface area contributed by atoms with Gasteiger partial charge in [-0.15, -0.1) is 0 Å². The first-order valence-electron chi connectivity index (χ1n) is 5.53. The molecule has 94 valence electrons. The summed E-state index contributed by atoms with van der Waals surface area (Å²) in [5.74, 6) is -0.282. The molecule has 0 fully saturated rings. The van der Waals surface area contributed by atoms with Gasteiger partial charge in [0.15, 0.2) is 0 Å². The highest BCUT2D eigenvalue weighted by Gasteiger charge is 2.10. The van der Waals surface area contributed by atoms with Crippen LogP contribution in [-0.2, 0) is 0 Å². The van der Waals surface area contributed by atoms with Gasteiger partial charge >= 0.3 is 0 Å². The number of aromatic nitrogens is 1. The number of nitrogens with zero attached hydrogens (tertiary/aromatic N) is 2. The van der Waals surface area contributed by atoms with Gasteiger partial charge in [0.25, 0.3) is 5.91 Å². The highest BCUT2D eigenvalue weighted by Crippen LogP contribution is 2.20. The normalized spacial score (nSPS) is 9.74. The van der Waals surface area contributed by atoms with E-state index < -0.39 is 0 Å². The van der Waals surface area contributed by atoms with Crippen molar-refractivity contribution in [1.82, 2.24) is 4.98 Å². The highest BCUT2D eigenvalue weighted by atomic mass is 79.9. The van der Waals surface area contributed by atoms with E-state index in [1.54, 1.807) is 30.5 Å². The summed E-state index contributed by atoms with van der Waals surface area (Å²) in [5, 5.41) is 11.7. The number of anilines is 1. The fourth-order valence-corrected chi connectivity index (χ4v) is 1.95. The van der Waals surface area contributed by atoms with Gasteiger partial charge in [0, 0.05) is 16.9 Å². The third-order valence-corrected chi connectivity index (χ3v) is 2.98. The van der Waals surface area contributed by atoms with E-state index in [0.717, 1.165) is 10.0 Å². The molecule has 0 atom stereocenters. The number of nitrogens with one attached hydrogen (secondary N) is 1. The number of carbonyl (C=O) groups is 1. The van der Waals surface area contributed by atoms with Gasteiger partial charge in [-0.1, -0.05) is 15.9 Å². The van der Waals surface area contributed by atoms with Gasteiger partial charge in [0.05, 0.1) is 16.8 Å². The molecule has 1 aromatic carbocycles. The van der Waals surface area contributed by atoms with E-state index in [-0.39, 0.29) is 5.91 Å². The zero-order valence-electron chi connectivity index (χ0n) is 10.1. The van der Waals surface area contributed by atoms with Crippen LogP contribution in [0.5, 0.6) is 0 Å². The number of hydrogen-bond acceptors (Lipinski definition) is 3. The second-order valence-electron chi connectivity index (χ2n) is 4.01. The number of halogens is 1. The molecule has 4 nitrogen and oxygen atoms in total. The molecular weight excluding hydrogens is 306 g/mol. The molecule has 0 spiro atoms. The Morgan fingerprint density at radius 2 is 2.16 bits per heavy atom. The molecule has 1 amide bonds. The zero-order valence-corrected chi connectivity index (χ0v) is 11.7. The molecule has 5 heteroatoms. The van der Waals surface area contributed by atoms with Crippen molar-refractivity contribution in [2.24, 2.45) is 0 Å². The topological polar surface area (TPSA) is 65.8 Å². The third-order valence-electron chi connectivity index (χ3n) is 2.49. The Morgan fingerprint density at radius 1 is 1.37 bits per heavy atom. The summed E-state index contributed by atoms with van der Waals surface area (Å²) >= 11 is 3.28. The van der Waals surface area contributed by atoms with E-state index in [4.69, 9.17) is 5.26 Å². The highest BCUT2D eigenvalue weighted by molar-refractivity contribution is 9.10. The van der Waals surface area contributed by atoms with Crippen molar-refractivity contribution in [2.75, 3.05) is 5.32 Å². The molecule has 0 saturated carbocycles. The number of aryl methyl sites for hydroxylation is 1. The molecule has 0 aliphatic carbocycles. The van der Waals surface area contributed by atoms with Crippen LogP contribution in [0.1, 0.15) is 21.5 Å². The van der Waals surface area contributed by atoms with Crippen LogP contribution in [0.2, 0.25) is 0 Å². The Kier molecular flexibility index (Phi) is 3.93. The van der Waals surface area contributed by atoms with Crippen LogP contribution in [0.25, 0.3) is 0 Å². The summed E-state index contributed by atoms with van der Waals surface area (Å²) in [6.45, 7) is 1.87. The molecule has 0 saturated heterocycles. The summed E-state index contributed by atoms with van der Waals surface area (Å²) in [5.41, 5.74) is 2.26. The van der Waals surface area contributed by atoms with Crippen LogP contribution in [0, 0.1) is 18.3 Å². The lowest BCUT2D eigenvalue weighted by molar-refractivity contribution is 0.102. The number of rotatable bonds is 2. The monoisotopic (exact) mass is 315 g/mol.